The highest BCUT2D eigenvalue weighted by atomic mass is 31.2. The van der Waals surface area contributed by atoms with Crippen LogP contribution in [0.3, 0.4) is 0 Å². The molecular formula is C14H15O4P. The summed E-state index contributed by atoms with van der Waals surface area (Å²) in [6.07, 6.45) is 0. The minimum atomic E-state index is -4.50. The van der Waals surface area contributed by atoms with Crippen LogP contribution in [0, 0.1) is 0 Å². The van der Waals surface area contributed by atoms with Crippen LogP contribution >= 0.6 is 7.60 Å². The highest BCUT2D eigenvalue weighted by Crippen LogP contribution is 2.57. The second-order valence-corrected chi connectivity index (χ2v) is 6.25. The van der Waals surface area contributed by atoms with Gasteiger partial charge in [0.2, 0.25) is 5.34 Å². The maximum atomic E-state index is 11.8. The number of benzene rings is 2. The van der Waals surface area contributed by atoms with Crippen molar-refractivity contribution in [2.24, 2.45) is 0 Å². The molecule has 100 valence electrons. The summed E-state index contributed by atoms with van der Waals surface area (Å²) in [7, 11) is -4.50. The molecule has 0 spiro atoms. The lowest BCUT2D eigenvalue weighted by atomic mass is 10.1. The molecule has 0 saturated carbocycles. The van der Waals surface area contributed by atoms with E-state index in [0.29, 0.717) is 11.3 Å². The van der Waals surface area contributed by atoms with Gasteiger partial charge in [0, 0.05) is 5.56 Å². The summed E-state index contributed by atoms with van der Waals surface area (Å²) in [5.41, 5.74) is 0.437. The Morgan fingerprint density at radius 3 is 1.89 bits per heavy atom. The van der Waals surface area contributed by atoms with Crippen molar-refractivity contribution in [1.29, 1.82) is 0 Å². The van der Waals surface area contributed by atoms with E-state index in [1.54, 1.807) is 54.6 Å². The minimum Gasteiger partial charge on any atom is -0.470 e. The fourth-order valence-corrected chi connectivity index (χ4v) is 2.46. The lowest BCUT2D eigenvalue weighted by Gasteiger charge is -2.31. The van der Waals surface area contributed by atoms with Crippen molar-refractivity contribution < 1.29 is 19.1 Å². The zero-order chi connectivity index (χ0) is 13.9. The molecule has 1 unspecified atom stereocenters. The molecule has 4 nitrogen and oxygen atoms in total. The first-order valence-electron chi connectivity index (χ1n) is 5.79. The molecule has 0 amide bonds. The summed E-state index contributed by atoms with van der Waals surface area (Å²) in [4.78, 5) is 19.3. The van der Waals surface area contributed by atoms with Gasteiger partial charge in [-0.3, -0.25) is 4.57 Å². The molecule has 0 radical (unpaired) electrons. The largest absolute Gasteiger partial charge is 0.470 e. The second kappa shape index (κ2) is 5.17. The molecule has 1 atom stereocenters. The van der Waals surface area contributed by atoms with E-state index in [1.807, 2.05) is 6.07 Å². The number of hydrogen-bond acceptors (Lipinski definition) is 2. The first kappa shape index (κ1) is 13.8. The van der Waals surface area contributed by atoms with Crippen LogP contribution in [0.5, 0.6) is 5.75 Å². The van der Waals surface area contributed by atoms with E-state index in [2.05, 4.69) is 0 Å². The molecule has 2 rings (SSSR count). The Morgan fingerprint density at radius 1 is 0.947 bits per heavy atom. The SMILES string of the molecule is CC(Oc1ccccc1)(c1ccccc1)P(=O)(O)O. The van der Waals surface area contributed by atoms with Crippen molar-refractivity contribution in [3.05, 3.63) is 66.2 Å². The monoisotopic (exact) mass is 278 g/mol. The van der Waals surface area contributed by atoms with Gasteiger partial charge in [-0.15, -0.1) is 0 Å². The van der Waals surface area contributed by atoms with E-state index in [9.17, 15) is 14.4 Å². The third kappa shape index (κ3) is 2.87. The minimum absolute atomic E-state index is 0.414. The van der Waals surface area contributed by atoms with Crippen molar-refractivity contribution in [3.8, 4) is 5.75 Å². The van der Waals surface area contributed by atoms with Crippen LogP contribution < -0.4 is 4.74 Å². The van der Waals surface area contributed by atoms with E-state index in [-0.39, 0.29) is 0 Å². The van der Waals surface area contributed by atoms with Gasteiger partial charge in [0.25, 0.3) is 0 Å². The maximum Gasteiger partial charge on any atom is 0.373 e. The number of para-hydroxylation sites is 1. The quantitative estimate of drug-likeness (QED) is 0.843. The van der Waals surface area contributed by atoms with Gasteiger partial charge in [-0.25, -0.2) is 0 Å². The lowest BCUT2D eigenvalue weighted by molar-refractivity contribution is 0.134. The molecule has 2 aromatic rings. The summed E-state index contributed by atoms with van der Waals surface area (Å²) in [6, 6.07) is 17.1. The molecule has 0 heterocycles. The highest BCUT2D eigenvalue weighted by molar-refractivity contribution is 7.52. The van der Waals surface area contributed by atoms with Crippen LogP contribution in [-0.4, -0.2) is 9.79 Å². The summed E-state index contributed by atoms with van der Waals surface area (Å²) >= 11 is 0. The number of hydrogen-bond donors (Lipinski definition) is 2. The van der Waals surface area contributed by atoms with Crippen LogP contribution in [0.25, 0.3) is 0 Å². The molecule has 0 saturated heterocycles. The van der Waals surface area contributed by atoms with Crippen LogP contribution in [0.15, 0.2) is 60.7 Å². The molecule has 19 heavy (non-hydrogen) atoms. The van der Waals surface area contributed by atoms with E-state index < -0.39 is 12.9 Å². The van der Waals surface area contributed by atoms with E-state index in [1.165, 1.54) is 6.92 Å². The molecular weight excluding hydrogens is 263 g/mol. The van der Waals surface area contributed by atoms with Gasteiger partial charge < -0.3 is 14.5 Å². The average molecular weight is 278 g/mol. The standard InChI is InChI=1S/C14H15O4P/c1-14(19(15,16)17,12-8-4-2-5-9-12)18-13-10-6-3-7-11-13/h2-11H,1H3,(H2,15,16,17). The van der Waals surface area contributed by atoms with Crippen molar-refractivity contribution in [1.82, 2.24) is 0 Å². The van der Waals surface area contributed by atoms with Crippen LogP contribution in [0.2, 0.25) is 0 Å². The Balaban J connectivity index is 2.45. The van der Waals surface area contributed by atoms with Gasteiger partial charge in [0.05, 0.1) is 0 Å². The third-order valence-corrected chi connectivity index (χ3v) is 4.39. The van der Waals surface area contributed by atoms with Gasteiger partial charge in [-0.1, -0.05) is 48.5 Å². The summed E-state index contributed by atoms with van der Waals surface area (Å²) < 4.78 is 17.4. The average Bonchev–Trinajstić information content (AvgIpc) is 2.39. The van der Waals surface area contributed by atoms with Crippen molar-refractivity contribution in [2.45, 2.75) is 12.3 Å². The second-order valence-electron chi connectivity index (χ2n) is 4.31. The maximum absolute atomic E-state index is 11.8. The molecule has 5 heteroatoms. The molecule has 0 fully saturated rings. The van der Waals surface area contributed by atoms with Crippen LogP contribution in [0.1, 0.15) is 12.5 Å². The predicted molar refractivity (Wildman–Crippen MR) is 72.9 cm³/mol. The third-order valence-electron chi connectivity index (χ3n) is 2.93. The zero-order valence-electron chi connectivity index (χ0n) is 10.4. The normalized spacial score (nSPS) is 14.7. The number of ether oxygens (including phenoxy) is 1. The summed E-state index contributed by atoms with van der Waals surface area (Å²) in [6.45, 7) is 1.40. The Kier molecular flexibility index (Phi) is 3.76. The smallest absolute Gasteiger partial charge is 0.373 e. The molecule has 0 aliphatic rings. The Hall–Kier alpha value is -1.61. The topological polar surface area (TPSA) is 66.8 Å². The van der Waals surface area contributed by atoms with Gasteiger partial charge in [0.1, 0.15) is 5.75 Å². The van der Waals surface area contributed by atoms with Crippen molar-refractivity contribution >= 4 is 7.60 Å². The van der Waals surface area contributed by atoms with E-state index in [0.717, 1.165) is 0 Å². The Morgan fingerprint density at radius 2 is 1.42 bits per heavy atom. The highest BCUT2D eigenvalue weighted by Gasteiger charge is 2.46. The fraction of sp³-hybridized carbons (Fsp3) is 0.143. The first-order chi connectivity index (χ1) is 8.93. The molecule has 0 aliphatic carbocycles. The van der Waals surface area contributed by atoms with Crippen molar-refractivity contribution in [3.63, 3.8) is 0 Å². The van der Waals surface area contributed by atoms with E-state index >= 15 is 0 Å². The van der Waals surface area contributed by atoms with Gasteiger partial charge in [0.15, 0.2) is 0 Å². The lowest BCUT2D eigenvalue weighted by Crippen LogP contribution is -2.29. The van der Waals surface area contributed by atoms with Crippen LogP contribution in [-0.2, 0) is 9.91 Å². The predicted octanol–water partition coefficient (Wildman–Crippen LogP) is 3.12. The molecule has 2 aromatic carbocycles. The van der Waals surface area contributed by atoms with Gasteiger partial charge >= 0.3 is 7.60 Å². The first-order valence-corrected chi connectivity index (χ1v) is 7.40. The Labute approximate surface area is 111 Å². The summed E-state index contributed by atoms with van der Waals surface area (Å²) in [5, 5.41) is -1.70. The summed E-state index contributed by atoms with van der Waals surface area (Å²) in [5.74, 6) is 0.414. The Bertz CT molecular complexity index is 579. The molecule has 0 bridgehead atoms. The molecule has 0 aliphatic heterocycles. The van der Waals surface area contributed by atoms with Gasteiger partial charge in [-0.2, -0.15) is 0 Å². The zero-order valence-corrected chi connectivity index (χ0v) is 11.3. The van der Waals surface area contributed by atoms with Gasteiger partial charge in [-0.05, 0) is 19.1 Å². The fourth-order valence-electron chi connectivity index (χ4n) is 1.75. The van der Waals surface area contributed by atoms with E-state index in [4.69, 9.17) is 4.74 Å². The molecule has 0 aromatic heterocycles. The number of rotatable bonds is 4. The molecule has 2 N–H and O–H groups in total. The van der Waals surface area contributed by atoms with Crippen LogP contribution in [0.4, 0.5) is 0 Å². The van der Waals surface area contributed by atoms with Crippen molar-refractivity contribution in [2.75, 3.05) is 0 Å².